The summed E-state index contributed by atoms with van der Waals surface area (Å²) in [5, 5.41) is 0. The highest BCUT2D eigenvalue weighted by atomic mass is 16.5. The molecule has 0 fully saturated rings. The third-order valence-corrected chi connectivity index (χ3v) is 3.05. The van der Waals surface area contributed by atoms with Crippen molar-refractivity contribution in [1.29, 1.82) is 0 Å². The first-order chi connectivity index (χ1) is 9.55. The molecular weight excluding hydrogens is 258 g/mol. The fourth-order valence-electron chi connectivity index (χ4n) is 2.02. The summed E-state index contributed by atoms with van der Waals surface area (Å²) in [4.78, 5) is 24.0. The molecule has 0 aliphatic heterocycles. The number of aryl methyl sites for hydroxylation is 1. The molecule has 6 nitrogen and oxygen atoms in total. The van der Waals surface area contributed by atoms with E-state index in [1.54, 1.807) is 18.2 Å². The van der Waals surface area contributed by atoms with E-state index in [9.17, 15) is 9.59 Å². The minimum Gasteiger partial charge on any atom is -0.497 e. The van der Waals surface area contributed by atoms with Crippen LogP contribution in [0.15, 0.2) is 40.1 Å². The van der Waals surface area contributed by atoms with E-state index < -0.39 is 0 Å². The van der Waals surface area contributed by atoms with Crippen molar-refractivity contribution >= 4 is 5.69 Å². The summed E-state index contributed by atoms with van der Waals surface area (Å²) in [6, 6.07) is 6.54. The number of nitrogens with zero attached hydrogens (tertiary/aromatic N) is 2. The molecule has 0 unspecified atom stereocenters. The Balaban J connectivity index is 2.47. The standard InChI is InChI=1S/C14H17N3O3/c1-3-16-5-4-13(18)17(14(16)19)9-10-6-11(15)8-12(7-10)20-2/h4-8H,3,9,15H2,1-2H3. The molecule has 6 heteroatoms. The molecule has 1 heterocycles. The Hall–Kier alpha value is -2.50. The molecule has 2 N–H and O–H groups in total. The van der Waals surface area contributed by atoms with Gasteiger partial charge < -0.3 is 15.0 Å². The van der Waals surface area contributed by atoms with Gasteiger partial charge in [0.2, 0.25) is 0 Å². The van der Waals surface area contributed by atoms with Gasteiger partial charge in [0.25, 0.3) is 5.56 Å². The zero-order valence-corrected chi connectivity index (χ0v) is 11.5. The van der Waals surface area contributed by atoms with E-state index in [0.29, 0.717) is 18.0 Å². The number of nitrogens with two attached hydrogens (primary N) is 1. The maximum absolute atomic E-state index is 12.1. The van der Waals surface area contributed by atoms with E-state index in [1.807, 2.05) is 6.92 Å². The van der Waals surface area contributed by atoms with Crippen molar-refractivity contribution in [1.82, 2.24) is 9.13 Å². The first-order valence-corrected chi connectivity index (χ1v) is 6.29. The van der Waals surface area contributed by atoms with Gasteiger partial charge in [-0.3, -0.25) is 9.36 Å². The van der Waals surface area contributed by atoms with Gasteiger partial charge in [-0.25, -0.2) is 4.79 Å². The summed E-state index contributed by atoms with van der Waals surface area (Å²) in [7, 11) is 1.54. The smallest absolute Gasteiger partial charge is 0.331 e. The zero-order valence-electron chi connectivity index (χ0n) is 11.5. The number of nitrogen functional groups attached to an aromatic ring is 1. The van der Waals surface area contributed by atoms with Crippen molar-refractivity contribution in [3.63, 3.8) is 0 Å². The van der Waals surface area contributed by atoms with Crippen LogP contribution in [-0.4, -0.2) is 16.2 Å². The number of ether oxygens (including phenoxy) is 1. The van der Waals surface area contributed by atoms with Gasteiger partial charge in [-0.1, -0.05) is 0 Å². The van der Waals surface area contributed by atoms with Crippen molar-refractivity contribution < 1.29 is 4.74 Å². The summed E-state index contributed by atoms with van der Waals surface area (Å²) in [5.74, 6) is 0.597. The van der Waals surface area contributed by atoms with Crippen LogP contribution in [0.4, 0.5) is 5.69 Å². The molecule has 0 bridgehead atoms. The number of rotatable bonds is 4. The van der Waals surface area contributed by atoms with Gasteiger partial charge in [-0.05, 0) is 24.6 Å². The quantitative estimate of drug-likeness (QED) is 0.832. The van der Waals surface area contributed by atoms with Gasteiger partial charge in [0, 0.05) is 30.6 Å². The highest BCUT2D eigenvalue weighted by molar-refractivity contribution is 5.47. The average molecular weight is 275 g/mol. The van der Waals surface area contributed by atoms with Gasteiger partial charge in [0.15, 0.2) is 0 Å². The molecule has 2 aromatic rings. The molecule has 1 aromatic heterocycles. The van der Waals surface area contributed by atoms with Gasteiger partial charge in [0.05, 0.1) is 13.7 Å². The Bertz CT molecular complexity index is 731. The first-order valence-electron chi connectivity index (χ1n) is 6.29. The summed E-state index contributed by atoms with van der Waals surface area (Å²) >= 11 is 0. The fourth-order valence-corrected chi connectivity index (χ4v) is 2.02. The maximum atomic E-state index is 12.1. The highest BCUT2D eigenvalue weighted by Gasteiger charge is 2.07. The van der Waals surface area contributed by atoms with Crippen LogP contribution in [0.1, 0.15) is 12.5 Å². The lowest BCUT2D eigenvalue weighted by Gasteiger charge is -2.10. The molecule has 0 radical (unpaired) electrons. The van der Waals surface area contributed by atoms with Crippen LogP contribution in [-0.2, 0) is 13.1 Å². The Morgan fingerprint density at radius 3 is 2.65 bits per heavy atom. The summed E-state index contributed by atoms with van der Waals surface area (Å²) in [5.41, 5.74) is 6.38. The molecule has 20 heavy (non-hydrogen) atoms. The van der Waals surface area contributed by atoms with Crippen molar-refractivity contribution in [2.75, 3.05) is 12.8 Å². The van der Waals surface area contributed by atoms with Crippen molar-refractivity contribution in [3.8, 4) is 5.75 Å². The molecule has 0 amide bonds. The second kappa shape index (κ2) is 5.64. The van der Waals surface area contributed by atoms with Crippen molar-refractivity contribution in [2.45, 2.75) is 20.0 Å². The second-order valence-electron chi connectivity index (χ2n) is 4.42. The van der Waals surface area contributed by atoms with Crippen LogP contribution in [0, 0.1) is 0 Å². The lowest BCUT2D eigenvalue weighted by molar-refractivity contribution is 0.414. The third-order valence-electron chi connectivity index (χ3n) is 3.05. The SMILES string of the molecule is CCn1ccc(=O)n(Cc2cc(N)cc(OC)c2)c1=O. The molecule has 0 atom stereocenters. The number of methoxy groups -OCH3 is 1. The minimum atomic E-state index is -0.332. The molecule has 0 saturated heterocycles. The van der Waals surface area contributed by atoms with Gasteiger partial charge in [0.1, 0.15) is 5.75 Å². The molecule has 0 aliphatic rings. The van der Waals surface area contributed by atoms with Crippen LogP contribution in [0.5, 0.6) is 5.75 Å². The Morgan fingerprint density at radius 2 is 2.00 bits per heavy atom. The van der Waals surface area contributed by atoms with Crippen molar-refractivity contribution in [3.05, 3.63) is 56.9 Å². The van der Waals surface area contributed by atoms with E-state index in [2.05, 4.69) is 0 Å². The predicted molar refractivity (Wildman–Crippen MR) is 77.1 cm³/mol. The average Bonchev–Trinajstić information content (AvgIpc) is 2.43. The number of benzene rings is 1. The van der Waals surface area contributed by atoms with E-state index >= 15 is 0 Å². The lowest BCUT2D eigenvalue weighted by atomic mass is 10.2. The fraction of sp³-hybridized carbons (Fsp3) is 0.286. The Morgan fingerprint density at radius 1 is 1.25 bits per heavy atom. The van der Waals surface area contributed by atoms with Crippen LogP contribution in [0.2, 0.25) is 0 Å². The third kappa shape index (κ3) is 2.74. The second-order valence-corrected chi connectivity index (χ2v) is 4.42. The molecule has 2 rings (SSSR count). The van der Waals surface area contributed by atoms with E-state index in [0.717, 1.165) is 5.56 Å². The van der Waals surface area contributed by atoms with Crippen LogP contribution in [0.25, 0.3) is 0 Å². The van der Waals surface area contributed by atoms with Gasteiger partial charge in [-0.15, -0.1) is 0 Å². The molecule has 0 saturated carbocycles. The number of hydrogen-bond acceptors (Lipinski definition) is 4. The first kappa shape index (κ1) is 13.9. The monoisotopic (exact) mass is 275 g/mol. The van der Waals surface area contributed by atoms with Crippen molar-refractivity contribution in [2.24, 2.45) is 0 Å². The molecule has 0 aliphatic carbocycles. The molecule has 1 aromatic carbocycles. The molecule has 0 spiro atoms. The number of anilines is 1. The summed E-state index contributed by atoms with van der Waals surface area (Å²) in [6.07, 6.45) is 1.50. The van der Waals surface area contributed by atoms with Crippen LogP contribution < -0.4 is 21.7 Å². The molecular formula is C14H17N3O3. The van der Waals surface area contributed by atoms with E-state index in [1.165, 1.54) is 28.5 Å². The van der Waals surface area contributed by atoms with Gasteiger partial charge in [-0.2, -0.15) is 0 Å². The van der Waals surface area contributed by atoms with Crippen LogP contribution >= 0.6 is 0 Å². The zero-order chi connectivity index (χ0) is 14.7. The normalized spacial score (nSPS) is 10.5. The minimum absolute atomic E-state index is 0.167. The predicted octanol–water partition coefficient (Wildman–Crippen LogP) is 0.669. The summed E-state index contributed by atoms with van der Waals surface area (Å²) in [6.45, 7) is 2.53. The summed E-state index contributed by atoms with van der Waals surface area (Å²) < 4.78 is 7.78. The maximum Gasteiger partial charge on any atom is 0.331 e. The highest BCUT2D eigenvalue weighted by Crippen LogP contribution is 2.18. The topological polar surface area (TPSA) is 79.2 Å². The number of hydrogen-bond donors (Lipinski definition) is 1. The lowest BCUT2D eigenvalue weighted by Crippen LogP contribution is -2.38. The van der Waals surface area contributed by atoms with Gasteiger partial charge >= 0.3 is 5.69 Å². The van der Waals surface area contributed by atoms with E-state index in [-0.39, 0.29) is 17.8 Å². The largest absolute Gasteiger partial charge is 0.497 e. The Labute approximate surface area is 116 Å². The number of aromatic nitrogens is 2. The van der Waals surface area contributed by atoms with E-state index in [4.69, 9.17) is 10.5 Å². The Kier molecular flexibility index (Phi) is 3.93. The molecule has 106 valence electrons. The van der Waals surface area contributed by atoms with Crippen LogP contribution in [0.3, 0.4) is 0 Å².